The molecule has 0 spiro atoms. The van der Waals surface area contributed by atoms with E-state index in [0.29, 0.717) is 19.1 Å². The molecule has 4 rings (SSSR count). The van der Waals surface area contributed by atoms with E-state index in [4.69, 9.17) is 14.2 Å². The van der Waals surface area contributed by atoms with Crippen molar-refractivity contribution in [3.05, 3.63) is 24.3 Å². The third-order valence-electron chi connectivity index (χ3n) is 5.56. The number of carbonyl (C=O) groups excluding carboxylic acids is 1. The van der Waals surface area contributed by atoms with E-state index < -0.39 is 0 Å². The Labute approximate surface area is 155 Å². The normalized spacial score (nSPS) is 29.1. The summed E-state index contributed by atoms with van der Waals surface area (Å²) >= 11 is 0. The maximum absolute atomic E-state index is 12.3. The van der Waals surface area contributed by atoms with E-state index in [9.17, 15) is 4.79 Å². The molecule has 0 saturated carbocycles. The molecule has 1 amide bonds. The Hall–Kier alpha value is -1.95. The zero-order valence-electron chi connectivity index (χ0n) is 15.6. The van der Waals surface area contributed by atoms with E-state index in [1.165, 1.54) is 0 Å². The van der Waals surface area contributed by atoms with E-state index in [1.54, 1.807) is 0 Å². The number of cyclic esters (lactones) is 1. The van der Waals surface area contributed by atoms with Gasteiger partial charge in [-0.1, -0.05) is 26.0 Å². The summed E-state index contributed by atoms with van der Waals surface area (Å²) in [5.41, 5.74) is 0. The van der Waals surface area contributed by atoms with E-state index >= 15 is 0 Å². The highest BCUT2D eigenvalue weighted by Crippen LogP contribution is 2.31. The Balaban J connectivity index is 1.34. The fraction of sp³-hybridized carbons (Fsp3) is 0.650. The van der Waals surface area contributed by atoms with Crippen LogP contribution in [0.15, 0.2) is 24.3 Å². The summed E-state index contributed by atoms with van der Waals surface area (Å²) < 4.78 is 17.5. The smallest absolute Gasteiger partial charge is 0.410 e. The minimum atomic E-state index is -0.151. The number of hydrogen-bond donors (Lipinski definition) is 0. The number of carbonyl (C=O) groups is 1. The van der Waals surface area contributed by atoms with Crippen LogP contribution in [0.4, 0.5) is 4.79 Å². The topological polar surface area (TPSA) is 51.2 Å². The molecule has 6 heteroatoms. The molecule has 2 fully saturated rings. The van der Waals surface area contributed by atoms with Gasteiger partial charge in [-0.15, -0.1) is 0 Å². The number of ether oxygens (including phenoxy) is 3. The van der Waals surface area contributed by atoms with Gasteiger partial charge in [0.25, 0.3) is 0 Å². The Bertz CT molecular complexity index is 650. The summed E-state index contributed by atoms with van der Waals surface area (Å²) in [5.74, 6) is 2.00. The fourth-order valence-corrected chi connectivity index (χ4v) is 4.04. The number of benzene rings is 1. The van der Waals surface area contributed by atoms with Crippen molar-refractivity contribution >= 4 is 6.09 Å². The zero-order valence-corrected chi connectivity index (χ0v) is 15.6. The lowest BCUT2D eigenvalue weighted by molar-refractivity contribution is 0.0394. The average Bonchev–Trinajstić information content (AvgIpc) is 3.04. The summed E-state index contributed by atoms with van der Waals surface area (Å²) in [6.45, 7) is 8.22. The quantitative estimate of drug-likeness (QED) is 0.826. The van der Waals surface area contributed by atoms with Gasteiger partial charge in [0.15, 0.2) is 11.5 Å². The highest BCUT2D eigenvalue weighted by molar-refractivity contribution is 5.70. The van der Waals surface area contributed by atoms with Crippen LogP contribution in [-0.4, -0.2) is 66.9 Å². The number of amides is 1. The molecule has 26 heavy (non-hydrogen) atoms. The van der Waals surface area contributed by atoms with Crippen molar-refractivity contribution in [3.8, 4) is 11.5 Å². The first-order valence-corrected chi connectivity index (χ1v) is 9.68. The van der Waals surface area contributed by atoms with Crippen LogP contribution in [0.3, 0.4) is 0 Å². The summed E-state index contributed by atoms with van der Waals surface area (Å²) in [6, 6.07) is 8.04. The standard InChI is InChI=1S/C20H28N2O4/c1-14(2)19-12-22(20(23)26-19)15-6-5-9-21(10-15)11-16-13-24-17-7-3-4-8-18(17)25-16/h3-4,7-8,14-16,19H,5-6,9-13H2,1-2H3/t15-,16-,19?/m0/s1. The summed E-state index contributed by atoms with van der Waals surface area (Å²) in [7, 11) is 0. The SMILES string of the molecule is CC(C)C1CN([C@H]2CCCN(C[C@H]3COc4ccccc4O3)C2)C(=O)O1. The highest BCUT2D eigenvalue weighted by atomic mass is 16.6. The van der Waals surface area contributed by atoms with Crippen LogP contribution in [0.2, 0.25) is 0 Å². The lowest BCUT2D eigenvalue weighted by atomic mass is 10.0. The number of fused-ring (bicyclic) bond motifs is 1. The maximum atomic E-state index is 12.3. The second kappa shape index (κ2) is 7.35. The predicted octanol–water partition coefficient (Wildman–Crippen LogP) is 2.77. The Morgan fingerprint density at radius 3 is 2.73 bits per heavy atom. The van der Waals surface area contributed by atoms with E-state index in [-0.39, 0.29) is 24.3 Å². The van der Waals surface area contributed by atoms with Gasteiger partial charge in [0.2, 0.25) is 0 Å². The second-order valence-corrected chi connectivity index (χ2v) is 7.87. The molecule has 1 unspecified atom stereocenters. The third kappa shape index (κ3) is 3.61. The number of para-hydroxylation sites is 2. The van der Waals surface area contributed by atoms with Crippen LogP contribution < -0.4 is 9.47 Å². The molecule has 3 heterocycles. The first-order valence-electron chi connectivity index (χ1n) is 9.68. The van der Waals surface area contributed by atoms with Gasteiger partial charge in [0.1, 0.15) is 18.8 Å². The Morgan fingerprint density at radius 2 is 1.96 bits per heavy atom. The lowest BCUT2D eigenvalue weighted by Crippen LogP contribution is -2.51. The Kier molecular flexibility index (Phi) is 4.94. The molecule has 3 aliphatic heterocycles. The van der Waals surface area contributed by atoms with Crippen molar-refractivity contribution in [1.82, 2.24) is 9.80 Å². The van der Waals surface area contributed by atoms with Crippen LogP contribution in [0.1, 0.15) is 26.7 Å². The number of likely N-dealkylation sites (tertiary alicyclic amines) is 1. The van der Waals surface area contributed by atoms with E-state index in [2.05, 4.69) is 18.7 Å². The molecule has 2 saturated heterocycles. The molecule has 1 aromatic rings. The van der Waals surface area contributed by atoms with Crippen LogP contribution >= 0.6 is 0 Å². The summed E-state index contributed by atoms with van der Waals surface area (Å²) in [4.78, 5) is 16.6. The van der Waals surface area contributed by atoms with Crippen LogP contribution in [0.5, 0.6) is 11.5 Å². The first-order chi connectivity index (χ1) is 12.6. The predicted molar refractivity (Wildman–Crippen MR) is 97.6 cm³/mol. The van der Waals surface area contributed by atoms with E-state index in [0.717, 1.165) is 44.0 Å². The lowest BCUT2D eigenvalue weighted by Gasteiger charge is -2.38. The van der Waals surface area contributed by atoms with Gasteiger partial charge in [-0.05, 0) is 37.4 Å². The van der Waals surface area contributed by atoms with Crippen LogP contribution in [-0.2, 0) is 4.74 Å². The summed E-state index contributed by atoms with van der Waals surface area (Å²) in [5, 5.41) is 0. The summed E-state index contributed by atoms with van der Waals surface area (Å²) in [6.07, 6.45) is 2.02. The van der Waals surface area contributed by atoms with Crippen molar-refractivity contribution in [3.63, 3.8) is 0 Å². The van der Waals surface area contributed by atoms with Gasteiger partial charge in [-0.2, -0.15) is 0 Å². The monoisotopic (exact) mass is 360 g/mol. The van der Waals surface area contributed by atoms with Crippen molar-refractivity contribution in [2.24, 2.45) is 5.92 Å². The number of rotatable bonds is 4. The molecular formula is C20H28N2O4. The Morgan fingerprint density at radius 1 is 1.15 bits per heavy atom. The molecule has 0 bridgehead atoms. The second-order valence-electron chi connectivity index (χ2n) is 7.87. The number of nitrogens with zero attached hydrogens (tertiary/aromatic N) is 2. The van der Waals surface area contributed by atoms with Crippen molar-refractivity contribution < 1.29 is 19.0 Å². The van der Waals surface area contributed by atoms with Crippen LogP contribution in [0, 0.1) is 5.92 Å². The van der Waals surface area contributed by atoms with Gasteiger partial charge in [0, 0.05) is 19.1 Å². The molecule has 3 atom stereocenters. The molecule has 142 valence electrons. The van der Waals surface area contributed by atoms with Gasteiger partial charge < -0.3 is 19.1 Å². The van der Waals surface area contributed by atoms with Crippen molar-refractivity contribution in [2.45, 2.75) is 44.9 Å². The van der Waals surface area contributed by atoms with Gasteiger partial charge in [0.05, 0.1) is 6.54 Å². The zero-order chi connectivity index (χ0) is 18.1. The van der Waals surface area contributed by atoms with Crippen molar-refractivity contribution in [2.75, 3.05) is 32.8 Å². The molecule has 3 aliphatic rings. The molecule has 0 aromatic heterocycles. The molecule has 0 N–H and O–H groups in total. The number of piperidine rings is 1. The molecule has 6 nitrogen and oxygen atoms in total. The minimum Gasteiger partial charge on any atom is -0.486 e. The highest BCUT2D eigenvalue weighted by Gasteiger charge is 2.39. The third-order valence-corrected chi connectivity index (χ3v) is 5.56. The van der Waals surface area contributed by atoms with Gasteiger partial charge in [-0.25, -0.2) is 4.79 Å². The largest absolute Gasteiger partial charge is 0.486 e. The molecular weight excluding hydrogens is 332 g/mol. The first kappa shape index (κ1) is 17.5. The van der Waals surface area contributed by atoms with E-state index in [1.807, 2.05) is 29.2 Å². The fourth-order valence-electron chi connectivity index (χ4n) is 4.04. The molecule has 1 aromatic carbocycles. The van der Waals surface area contributed by atoms with Crippen molar-refractivity contribution in [1.29, 1.82) is 0 Å². The number of hydrogen-bond acceptors (Lipinski definition) is 5. The van der Waals surface area contributed by atoms with Gasteiger partial charge >= 0.3 is 6.09 Å². The van der Waals surface area contributed by atoms with Gasteiger partial charge in [-0.3, -0.25) is 4.90 Å². The average molecular weight is 360 g/mol. The minimum absolute atomic E-state index is 0.0180. The molecule has 0 aliphatic carbocycles. The van der Waals surface area contributed by atoms with Crippen LogP contribution in [0.25, 0.3) is 0 Å². The molecule has 0 radical (unpaired) electrons. The maximum Gasteiger partial charge on any atom is 0.410 e.